The number of amides is 1. The standard InChI is InChI=1S/C14H26N2O4/c1-5-20-13(17)9-16(8-10(2)3)14(18)12-6-11(19-4)7-15-12/h10-12,15H,5-9H2,1-4H3. The molecular formula is C14H26N2O4. The van der Waals surface area contributed by atoms with Gasteiger partial charge in [-0.3, -0.25) is 9.59 Å². The van der Waals surface area contributed by atoms with Crippen LogP contribution in [0.3, 0.4) is 0 Å². The second kappa shape index (κ2) is 8.21. The highest BCUT2D eigenvalue weighted by atomic mass is 16.5. The molecule has 6 nitrogen and oxygen atoms in total. The Morgan fingerprint density at radius 3 is 2.60 bits per heavy atom. The Labute approximate surface area is 120 Å². The number of nitrogens with zero attached hydrogens (tertiary/aromatic N) is 1. The summed E-state index contributed by atoms with van der Waals surface area (Å²) in [5, 5.41) is 3.15. The predicted octanol–water partition coefficient (Wildman–Crippen LogP) is 0.411. The van der Waals surface area contributed by atoms with Gasteiger partial charge in [-0.15, -0.1) is 0 Å². The fraction of sp³-hybridized carbons (Fsp3) is 0.857. The van der Waals surface area contributed by atoms with Crippen LogP contribution in [-0.4, -0.2) is 62.3 Å². The van der Waals surface area contributed by atoms with E-state index in [2.05, 4.69) is 5.32 Å². The van der Waals surface area contributed by atoms with Gasteiger partial charge in [-0.05, 0) is 19.3 Å². The minimum Gasteiger partial charge on any atom is -0.465 e. The van der Waals surface area contributed by atoms with E-state index >= 15 is 0 Å². The molecule has 1 rings (SSSR count). The Hall–Kier alpha value is -1.14. The number of methoxy groups -OCH3 is 1. The van der Waals surface area contributed by atoms with Crippen molar-refractivity contribution in [3.63, 3.8) is 0 Å². The molecule has 1 aliphatic rings. The largest absolute Gasteiger partial charge is 0.465 e. The summed E-state index contributed by atoms with van der Waals surface area (Å²) in [6, 6.07) is -0.270. The molecule has 1 heterocycles. The number of nitrogens with one attached hydrogen (secondary N) is 1. The van der Waals surface area contributed by atoms with Gasteiger partial charge in [0.25, 0.3) is 0 Å². The summed E-state index contributed by atoms with van der Waals surface area (Å²) in [6.07, 6.45) is 0.708. The van der Waals surface area contributed by atoms with E-state index in [4.69, 9.17) is 9.47 Å². The zero-order valence-corrected chi connectivity index (χ0v) is 12.8. The molecule has 0 aliphatic carbocycles. The first-order valence-corrected chi connectivity index (χ1v) is 7.18. The number of hydrogen-bond donors (Lipinski definition) is 1. The van der Waals surface area contributed by atoms with E-state index < -0.39 is 0 Å². The first-order chi connectivity index (χ1) is 9.47. The van der Waals surface area contributed by atoms with Crippen LogP contribution in [0.1, 0.15) is 27.2 Å². The number of ether oxygens (including phenoxy) is 2. The van der Waals surface area contributed by atoms with E-state index in [0.29, 0.717) is 32.0 Å². The molecule has 1 saturated heterocycles. The van der Waals surface area contributed by atoms with Crippen LogP contribution >= 0.6 is 0 Å². The van der Waals surface area contributed by atoms with Gasteiger partial charge in [0.1, 0.15) is 6.54 Å². The summed E-state index contributed by atoms with van der Waals surface area (Å²) in [7, 11) is 1.64. The number of hydrogen-bond acceptors (Lipinski definition) is 5. The topological polar surface area (TPSA) is 67.9 Å². The maximum Gasteiger partial charge on any atom is 0.325 e. The van der Waals surface area contributed by atoms with Crippen molar-refractivity contribution in [2.45, 2.75) is 39.3 Å². The molecule has 2 atom stereocenters. The van der Waals surface area contributed by atoms with Crippen LogP contribution in [0.4, 0.5) is 0 Å². The van der Waals surface area contributed by atoms with Crippen LogP contribution in [0.25, 0.3) is 0 Å². The molecule has 1 fully saturated rings. The first-order valence-electron chi connectivity index (χ1n) is 7.18. The summed E-state index contributed by atoms with van der Waals surface area (Å²) in [5.41, 5.74) is 0. The lowest BCUT2D eigenvalue weighted by molar-refractivity contribution is -0.149. The minimum atomic E-state index is -0.359. The Kier molecular flexibility index (Phi) is 6.95. The molecule has 0 saturated carbocycles. The van der Waals surface area contributed by atoms with E-state index in [-0.39, 0.29) is 30.6 Å². The predicted molar refractivity (Wildman–Crippen MR) is 75.3 cm³/mol. The zero-order chi connectivity index (χ0) is 15.1. The van der Waals surface area contributed by atoms with Crippen molar-refractivity contribution in [1.29, 1.82) is 0 Å². The van der Waals surface area contributed by atoms with E-state index in [1.165, 1.54) is 0 Å². The Morgan fingerprint density at radius 2 is 2.10 bits per heavy atom. The second-order valence-corrected chi connectivity index (χ2v) is 5.47. The summed E-state index contributed by atoms with van der Waals surface area (Å²) in [5.74, 6) is -0.109. The lowest BCUT2D eigenvalue weighted by atomic mass is 10.1. The average molecular weight is 286 g/mol. The lowest BCUT2D eigenvalue weighted by Crippen LogP contribution is -2.47. The summed E-state index contributed by atoms with van der Waals surface area (Å²) in [4.78, 5) is 25.7. The molecule has 0 bridgehead atoms. The van der Waals surface area contributed by atoms with Crippen molar-refractivity contribution in [3.8, 4) is 0 Å². The number of rotatable bonds is 7. The van der Waals surface area contributed by atoms with Crippen molar-refractivity contribution >= 4 is 11.9 Å². The molecular weight excluding hydrogens is 260 g/mol. The highest BCUT2D eigenvalue weighted by Gasteiger charge is 2.33. The molecule has 0 radical (unpaired) electrons. The molecule has 1 amide bonds. The van der Waals surface area contributed by atoms with Crippen molar-refractivity contribution in [2.75, 3.05) is 33.4 Å². The van der Waals surface area contributed by atoms with Crippen molar-refractivity contribution in [3.05, 3.63) is 0 Å². The summed E-state index contributed by atoms with van der Waals surface area (Å²) < 4.78 is 10.2. The van der Waals surface area contributed by atoms with Gasteiger partial charge in [0.2, 0.25) is 5.91 Å². The van der Waals surface area contributed by atoms with Crippen LogP contribution in [0.5, 0.6) is 0 Å². The molecule has 6 heteroatoms. The maximum absolute atomic E-state index is 12.5. The molecule has 0 aromatic carbocycles. The van der Waals surface area contributed by atoms with Crippen molar-refractivity contribution in [2.24, 2.45) is 5.92 Å². The van der Waals surface area contributed by atoms with E-state index in [1.54, 1.807) is 18.9 Å². The SMILES string of the molecule is CCOC(=O)CN(CC(C)C)C(=O)C1CC(OC)CN1. The molecule has 0 aromatic heterocycles. The molecule has 1 aliphatic heterocycles. The van der Waals surface area contributed by atoms with Crippen LogP contribution in [-0.2, 0) is 19.1 Å². The second-order valence-electron chi connectivity index (χ2n) is 5.47. The smallest absolute Gasteiger partial charge is 0.325 e. The average Bonchev–Trinajstić information content (AvgIpc) is 2.85. The number of esters is 1. The van der Waals surface area contributed by atoms with Gasteiger partial charge in [0.05, 0.1) is 18.8 Å². The van der Waals surface area contributed by atoms with Gasteiger partial charge in [-0.2, -0.15) is 0 Å². The summed E-state index contributed by atoms with van der Waals surface area (Å²) >= 11 is 0. The highest BCUT2D eigenvalue weighted by molar-refractivity contribution is 5.86. The fourth-order valence-corrected chi connectivity index (χ4v) is 2.33. The van der Waals surface area contributed by atoms with E-state index in [0.717, 1.165) is 0 Å². The van der Waals surface area contributed by atoms with Crippen LogP contribution in [0, 0.1) is 5.92 Å². The highest BCUT2D eigenvalue weighted by Crippen LogP contribution is 2.13. The maximum atomic E-state index is 12.5. The van der Waals surface area contributed by atoms with Gasteiger partial charge in [0.15, 0.2) is 0 Å². The lowest BCUT2D eigenvalue weighted by Gasteiger charge is -2.26. The van der Waals surface area contributed by atoms with Crippen LogP contribution in [0.2, 0.25) is 0 Å². The van der Waals surface area contributed by atoms with Gasteiger partial charge in [0, 0.05) is 20.2 Å². The van der Waals surface area contributed by atoms with Gasteiger partial charge < -0.3 is 19.7 Å². The third-order valence-electron chi connectivity index (χ3n) is 3.24. The number of carbonyl (C=O) groups excluding carboxylic acids is 2. The van der Waals surface area contributed by atoms with Crippen molar-refractivity contribution in [1.82, 2.24) is 10.2 Å². The molecule has 2 unspecified atom stereocenters. The third-order valence-corrected chi connectivity index (χ3v) is 3.24. The molecule has 0 spiro atoms. The normalized spacial score (nSPS) is 22.1. The molecule has 0 aromatic rings. The van der Waals surface area contributed by atoms with E-state index in [1.807, 2.05) is 13.8 Å². The molecule has 116 valence electrons. The summed E-state index contributed by atoms with van der Waals surface area (Å²) in [6.45, 7) is 7.36. The van der Waals surface area contributed by atoms with Crippen LogP contribution < -0.4 is 5.32 Å². The Morgan fingerprint density at radius 1 is 1.40 bits per heavy atom. The van der Waals surface area contributed by atoms with Crippen LogP contribution in [0.15, 0.2) is 0 Å². The van der Waals surface area contributed by atoms with Gasteiger partial charge in [-0.1, -0.05) is 13.8 Å². The monoisotopic (exact) mass is 286 g/mol. The van der Waals surface area contributed by atoms with Crippen molar-refractivity contribution < 1.29 is 19.1 Å². The molecule has 1 N–H and O–H groups in total. The third kappa shape index (κ3) is 5.09. The number of carbonyl (C=O) groups is 2. The fourth-order valence-electron chi connectivity index (χ4n) is 2.33. The first kappa shape index (κ1) is 16.9. The Bertz CT molecular complexity index is 333. The van der Waals surface area contributed by atoms with E-state index in [9.17, 15) is 9.59 Å². The quantitative estimate of drug-likeness (QED) is 0.687. The van der Waals surface area contributed by atoms with Gasteiger partial charge >= 0.3 is 5.97 Å². The van der Waals surface area contributed by atoms with Gasteiger partial charge in [-0.25, -0.2) is 0 Å². The molecule has 20 heavy (non-hydrogen) atoms. The minimum absolute atomic E-state index is 0.0146. The Balaban J connectivity index is 2.62. The zero-order valence-electron chi connectivity index (χ0n) is 12.8.